The van der Waals surface area contributed by atoms with Crippen LogP contribution in [-0.4, -0.2) is 10.9 Å². The molecule has 3 nitrogen and oxygen atoms in total. The van der Waals surface area contributed by atoms with Crippen molar-refractivity contribution in [3.63, 3.8) is 0 Å². The number of Topliss-reactive ketones (excluding diaryl/α,β-unsaturated/α-hetero) is 1. The van der Waals surface area contributed by atoms with Gasteiger partial charge < -0.3 is 10.4 Å². The first kappa shape index (κ1) is 12.5. The van der Waals surface area contributed by atoms with Gasteiger partial charge in [-0.3, -0.25) is 4.79 Å². The average molecular weight is 262 g/mol. The zero-order valence-corrected chi connectivity index (χ0v) is 10.5. The molecular formula is C14H12ClNO2. The molecule has 4 heteroatoms. The summed E-state index contributed by atoms with van der Waals surface area (Å²) in [4.78, 5) is 11.3. The lowest BCUT2D eigenvalue weighted by Gasteiger charge is -2.09. The van der Waals surface area contributed by atoms with E-state index in [2.05, 4.69) is 5.32 Å². The smallest absolute Gasteiger partial charge is 0.159 e. The molecule has 2 N–H and O–H groups in total. The molecule has 0 unspecified atom stereocenters. The van der Waals surface area contributed by atoms with Crippen molar-refractivity contribution >= 4 is 28.8 Å². The van der Waals surface area contributed by atoms with Crippen molar-refractivity contribution in [2.75, 3.05) is 5.32 Å². The van der Waals surface area contributed by atoms with E-state index in [1.54, 1.807) is 42.5 Å². The highest BCUT2D eigenvalue weighted by molar-refractivity contribution is 6.31. The Kier molecular flexibility index (Phi) is 3.53. The van der Waals surface area contributed by atoms with E-state index in [1.165, 1.54) is 6.92 Å². The van der Waals surface area contributed by atoms with Crippen molar-refractivity contribution in [2.45, 2.75) is 6.92 Å². The molecule has 2 aromatic rings. The van der Waals surface area contributed by atoms with E-state index in [9.17, 15) is 9.90 Å². The Bertz CT molecular complexity index is 596. The predicted octanol–water partition coefficient (Wildman–Crippen LogP) is 3.99. The minimum Gasteiger partial charge on any atom is -0.506 e. The highest BCUT2D eigenvalue weighted by atomic mass is 35.5. The Hall–Kier alpha value is -2.00. The summed E-state index contributed by atoms with van der Waals surface area (Å²) in [5, 5.41) is 13.2. The summed E-state index contributed by atoms with van der Waals surface area (Å²) in [6.45, 7) is 1.48. The molecule has 2 rings (SSSR count). The number of para-hydroxylation sites is 2. The van der Waals surface area contributed by atoms with Gasteiger partial charge in [-0.25, -0.2) is 0 Å². The maximum absolute atomic E-state index is 11.3. The molecule has 0 saturated heterocycles. The number of ketones is 1. The summed E-state index contributed by atoms with van der Waals surface area (Å²) in [5.41, 5.74) is 1.75. The number of carbonyl (C=O) groups is 1. The van der Waals surface area contributed by atoms with E-state index in [1.807, 2.05) is 0 Å². The Morgan fingerprint density at radius 1 is 1.22 bits per heavy atom. The average Bonchev–Trinajstić information content (AvgIpc) is 2.31. The Morgan fingerprint density at radius 3 is 2.61 bits per heavy atom. The molecule has 0 saturated carbocycles. The van der Waals surface area contributed by atoms with Crippen molar-refractivity contribution in [2.24, 2.45) is 0 Å². The summed E-state index contributed by atoms with van der Waals surface area (Å²) in [5.74, 6) is 0.0830. The van der Waals surface area contributed by atoms with E-state index in [-0.39, 0.29) is 11.5 Å². The SMILES string of the molecule is CC(=O)c1cc(Cl)cc(Nc2ccccc2O)c1. The number of hydrogen-bond donors (Lipinski definition) is 2. The Morgan fingerprint density at radius 2 is 1.94 bits per heavy atom. The molecule has 0 heterocycles. The van der Waals surface area contributed by atoms with Gasteiger partial charge in [-0.05, 0) is 37.3 Å². The van der Waals surface area contributed by atoms with Gasteiger partial charge in [0.15, 0.2) is 5.78 Å². The van der Waals surface area contributed by atoms with Gasteiger partial charge in [0.1, 0.15) is 5.75 Å². The molecule has 0 bridgehead atoms. The summed E-state index contributed by atoms with van der Waals surface area (Å²) in [6.07, 6.45) is 0. The summed E-state index contributed by atoms with van der Waals surface area (Å²) < 4.78 is 0. The maximum atomic E-state index is 11.3. The monoisotopic (exact) mass is 261 g/mol. The number of phenols is 1. The van der Waals surface area contributed by atoms with Crippen molar-refractivity contribution in [3.05, 3.63) is 53.1 Å². The first-order chi connectivity index (χ1) is 8.56. The van der Waals surface area contributed by atoms with E-state index in [4.69, 9.17) is 11.6 Å². The lowest BCUT2D eigenvalue weighted by atomic mass is 10.1. The van der Waals surface area contributed by atoms with Crippen molar-refractivity contribution in [3.8, 4) is 5.75 Å². The largest absolute Gasteiger partial charge is 0.506 e. The van der Waals surface area contributed by atoms with Gasteiger partial charge in [0, 0.05) is 16.3 Å². The van der Waals surface area contributed by atoms with Crippen molar-refractivity contribution in [1.29, 1.82) is 0 Å². The van der Waals surface area contributed by atoms with Crippen LogP contribution in [0.25, 0.3) is 0 Å². The molecule has 0 aliphatic carbocycles. The summed E-state index contributed by atoms with van der Waals surface area (Å²) in [7, 11) is 0. The van der Waals surface area contributed by atoms with Crippen LogP contribution < -0.4 is 5.32 Å². The third-order valence-corrected chi connectivity index (χ3v) is 2.71. The van der Waals surface area contributed by atoms with Crippen LogP contribution in [-0.2, 0) is 0 Å². The Labute approximate surface area is 110 Å². The summed E-state index contributed by atoms with van der Waals surface area (Å²) in [6, 6.07) is 11.9. The molecule has 0 aliphatic rings. The molecule has 0 aliphatic heterocycles. The van der Waals surface area contributed by atoms with Crippen LogP contribution in [0, 0.1) is 0 Å². The zero-order chi connectivity index (χ0) is 13.1. The van der Waals surface area contributed by atoms with Crippen LogP contribution in [0.5, 0.6) is 5.75 Å². The standard InChI is InChI=1S/C14H12ClNO2/c1-9(17)10-6-11(15)8-12(7-10)16-13-4-2-3-5-14(13)18/h2-8,16,18H,1H3. The van der Waals surface area contributed by atoms with Gasteiger partial charge in [-0.1, -0.05) is 23.7 Å². The summed E-state index contributed by atoms with van der Waals surface area (Å²) >= 11 is 5.95. The number of carbonyl (C=O) groups excluding carboxylic acids is 1. The second-order valence-corrected chi connectivity index (χ2v) is 4.36. The molecule has 0 aromatic heterocycles. The number of halogens is 1. The molecule has 18 heavy (non-hydrogen) atoms. The Balaban J connectivity index is 2.35. The van der Waals surface area contributed by atoms with Crippen LogP contribution in [0.4, 0.5) is 11.4 Å². The number of anilines is 2. The fraction of sp³-hybridized carbons (Fsp3) is 0.0714. The van der Waals surface area contributed by atoms with Gasteiger partial charge in [0.25, 0.3) is 0 Å². The first-order valence-corrected chi connectivity index (χ1v) is 5.80. The van der Waals surface area contributed by atoms with Gasteiger partial charge in [-0.2, -0.15) is 0 Å². The molecule has 92 valence electrons. The molecule has 0 amide bonds. The second-order valence-electron chi connectivity index (χ2n) is 3.93. The maximum Gasteiger partial charge on any atom is 0.159 e. The molecule has 2 aromatic carbocycles. The minimum atomic E-state index is -0.0576. The lowest BCUT2D eigenvalue weighted by Crippen LogP contribution is -1.96. The zero-order valence-electron chi connectivity index (χ0n) is 9.77. The van der Waals surface area contributed by atoms with E-state index >= 15 is 0 Å². The number of benzene rings is 2. The highest BCUT2D eigenvalue weighted by Gasteiger charge is 2.05. The molecule has 0 fully saturated rings. The van der Waals surface area contributed by atoms with Crippen molar-refractivity contribution < 1.29 is 9.90 Å². The highest BCUT2D eigenvalue weighted by Crippen LogP contribution is 2.28. The number of phenolic OH excluding ortho intramolecular Hbond substituents is 1. The van der Waals surface area contributed by atoms with Gasteiger partial charge in [0.2, 0.25) is 0 Å². The number of rotatable bonds is 3. The molecule has 0 radical (unpaired) electrons. The third-order valence-electron chi connectivity index (χ3n) is 2.49. The van der Waals surface area contributed by atoms with Crippen LogP contribution in [0.15, 0.2) is 42.5 Å². The fourth-order valence-electron chi connectivity index (χ4n) is 1.60. The van der Waals surface area contributed by atoms with E-state index in [0.29, 0.717) is 22.0 Å². The third kappa shape index (κ3) is 2.81. The predicted molar refractivity (Wildman–Crippen MR) is 72.8 cm³/mol. The van der Waals surface area contributed by atoms with Crippen molar-refractivity contribution in [1.82, 2.24) is 0 Å². The van der Waals surface area contributed by atoms with Gasteiger partial charge >= 0.3 is 0 Å². The lowest BCUT2D eigenvalue weighted by molar-refractivity contribution is 0.101. The van der Waals surface area contributed by atoms with E-state index in [0.717, 1.165) is 0 Å². The van der Waals surface area contributed by atoms with Crippen LogP contribution in [0.3, 0.4) is 0 Å². The molecule has 0 atom stereocenters. The number of hydrogen-bond acceptors (Lipinski definition) is 3. The molecule has 0 spiro atoms. The van der Waals surface area contributed by atoms with Gasteiger partial charge in [0.05, 0.1) is 5.69 Å². The molecular weight excluding hydrogens is 250 g/mol. The van der Waals surface area contributed by atoms with Crippen LogP contribution in [0.2, 0.25) is 5.02 Å². The number of nitrogens with one attached hydrogen (secondary N) is 1. The van der Waals surface area contributed by atoms with Crippen LogP contribution >= 0.6 is 11.6 Å². The van der Waals surface area contributed by atoms with E-state index < -0.39 is 0 Å². The number of aromatic hydroxyl groups is 1. The van der Waals surface area contributed by atoms with Gasteiger partial charge in [-0.15, -0.1) is 0 Å². The normalized spacial score (nSPS) is 10.1. The first-order valence-electron chi connectivity index (χ1n) is 5.43. The minimum absolute atomic E-state index is 0.0576. The topological polar surface area (TPSA) is 49.3 Å². The second kappa shape index (κ2) is 5.10. The quantitative estimate of drug-likeness (QED) is 0.649. The fourth-order valence-corrected chi connectivity index (χ4v) is 1.84. The van der Waals surface area contributed by atoms with Crippen LogP contribution in [0.1, 0.15) is 17.3 Å².